The Hall–Kier alpha value is -2.40. The summed E-state index contributed by atoms with van der Waals surface area (Å²) in [4.78, 5) is 4.48. The van der Waals surface area contributed by atoms with Crippen LogP contribution in [0.5, 0.6) is 0 Å². The number of methoxy groups -OCH3 is 1. The highest BCUT2D eigenvalue weighted by Crippen LogP contribution is 2.13. The van der Waals surface area contributed by atoms with Crippen LogP contribution in [0.25, 0.3) is 5.65 Å². The zero-order valence-corrected chi connectivity index (χ0v) is 11.3. The van der Waals surface area contributed by atoms with Gasteiger partial charge in [0.25, 0.3) is 0 Å². The van der Waals surface area contributed by atoms with E-state index < -0.39 is 0 Å². The number of ether oxygens (including phenoxy) is 1. The molecule has 0 aliphatic carbocycles. The van der Waals surface area contributed by atoms with Gasteiger partial charge in [-0.25, -0.2) is 9.50 Å². The lowest BCUT2D eigenvalue weighted by Crippen LogP contribution is -2.05. The minimum atomic E-state index is 0.618. The Morgan fingerprint density at radius 2 is 2.00 bits per heavy atom. The molecule has 2 aromatic heterocycles. The summed E-state index contributed by atoms with van der Waals surface area (Å²) in [6.07, 6.45) is 3.63. The monoisotopic (exact) mass is 268 g/mol. The van der Waals surface area contributed by atoms with Crippen molar-refractivity contribution in [2.45, 2.75) is 13.2 Å². The third-order valence-electron chi connectivity index (χ3n) is 3.14. The van der Waals surface area contributed by atoms with Crippen LogP contribution in [-0.4, -0.2) is 21.7 Å². The van der Waals surface area contributed by atoms with Crippen LogP contribution in [0.4, 0.5) is 5.82 Å². The van der Waals surface area contributed by atoms with Crippen molar-refractivity contribution < 1.29 is 4.74 Å². The van der Waals surface area contributed by atoms with Crippen molar-refractivity contribution in [2.75, 3.05) is 12.4 Å². The van der Waals surface area contributed by atoms with E-state index in [0.717, 1.165) is 18.0 Å². The van der Waals surface area contributed by atoms with Gasteiger partial charge in [-0.2, -0.15) is 5.10 Å². The van der Waals surface area contributed by atoms with Gasteiger partial charge in [-0.15, -0.1) is 0 Å². The maximum absolute atomic E-state index is 5.21. The fraction of sp³-hybridized carbons (Fsp3) is 0.200. The third kappa shape index (κ3) is 2.62. The first-order valence-electron chi connectivity index (χ1n) is 6.47. The molecule has 5 heteroatoms. The van der Waals surface area contributed by atoms with E-state index in [1.54, 1.807) is 17.8 Å². The standard InChI is InChI=1S/C15H16N4O/c1-20-11-13-5-3-2-4-12(13)10-16-14-7-9-19-15(18-14)6-8-17-19/h2-9H,10-11H2,1H3,(H,16,18). The van der Waals surface area contributed by atoms with Crippen LogP contribution in [0, 0.1) is 0 Å². The Kier molecular flexibility index (Phi) is 3.60. The number of fused-ring (bicyclic) bond motifs is 1. The molecule has 3 aromatic rings. The summed E-state index contributed by atoms with van der Waals surface area (Å²) in [5.74, 6) is 0.838. The molecule has 0 atom stereocenters. The van der Waals surface area contributed by atoms with Gasteiger partial charge in [0, 0.05) is 25.9 Å². The summed E-state index contributed by atoms with van der Waals surface area (Å²) in [5, 5.41) is 7.46. The zero-order valence-electron chi connectivity index (χ0n) is 11.3. The number of hydrogen-bond donors (Lipinski definition) is 1. The molecular formula is C15H16N4O. The van der Waals surface area contributed by atoms with E-state index in [4.69, 9.17) is 4.74 Å². The van der Waals surface area contributed by atoms with E-state index in [2.05, 4.69) is 27.5 Å². The molecule has 1 aromatic carbocycles. The highest BCUT2D eigenvalue weighted by Gasteiger charge is 2.03. The Bertz CT molecular complexity index is 708. The summed E-state index contributed by atoms with van der Waals surface area (Å²) in [5.41, 5.74) is 3.23. The summed E-state index contributed by atoms with van der Waals surface area (Å²) < 4.78 is 6.95. The lowest BCUT2D eigenvalue weighted by atomic mass is 10.1. The average molecular weight is 268 g/mol. The molecule has 0 aliphatic heterocycles. The van der Waals surface area contributed by atoms with Crippen LogP contribution in [0.1, 0.15) is 11.1 Å². The van der Waals surface area contributed by atoms with Gasteiger partial charge < -0.3 is 10.1 Å². The smallest absolute Gasteiger partial charge is 0.157 e. The van der Waals surface area contributed by atoms with E-state index >= 15 is 0 Å². The number of benzene rings is 1. The summed E-state index contributed by atoms with van der Waals surface area (Å²) in [7, 11) is 1.71. The molecule has 0 saturated heterocycles. The van der Waals surface area contributed by atoms with Crippen molar-refractivity contribution in [1.82, 2.24) is 14.6 Å². The largest absolute Gasteiger partial charge is 0.380 e. The van der Waals surface area contributed by atoms with Gasteiger partial charge in [0.15, 0.2) is 5.65 Å². The summed E-state index contributed by atoms with van der Waals surface area (Å²) >= 11 is 0. The van der Waals surface area contributed by atoms with Crippen LogP contribution in [0.2, 0.25) is 0 Å². The summed E-state index contributed by atoms with van der Waals surface area (Å²) in [6.45, 7) is 1.34. The van der Waals surface area contributed by atoms with Gasteiger partial charge in [-0.1, -0.05) is 24.3 Å². The SMILES string of the molecule is COCc1ccccc1CNc1ccn2nccc2n1. The van der Waals surface area contributed by atoms with Crippen molar-refractivity contribution in [3.8, 4) is 0 Å². The van der Waals surface area contributed by atoms with Crippen molar-refractivity contribution in [3.05, 3.63) is 59.9 Å². The Labute approximate surface area is 117 Å². The van der Waals surface area contributed by atoms with Crippen molar-refractivity contribution in [1.29, 1.82) is 0 Å². The quantitative estimate of drug-likeness (QED) is 0.772. The second kappa shape index (κ2) is 5.71. The first-order valence-corrected chi connectivity index (χ1v) is 6.47. The molecule has 5 nitrogen and oxygen atoms in total. The van der Waals surface area contributed by atoms with Gasteiger partial charge in [0.2, 0.25) is 0 Å². The van der Waals surface area contributed by atoms with Gasteiger partial charge in [-0.05, 0) is 17.2 Å². The molecule has 0 saturated carbocycles. The van der Waals surface area contributed by atoms with Crippen molar-refractivity contribution in [2.24, 2.45) is 0 Å². The van der Waals surface area contributed by atoms with Crippen LogP contribution < -0.4 is 5.32 Å². The van der Waals surface area contributed by atoms with Crippen LogP contribution >= 0.6 is 0 Å². The molecule has 0 amide bonds. The predicted molar refractivity (Wildman–Crippen MR) is 77.5 cm³/mol. The molecule has 102 valence electrons. The van der Waals surface area contributed by atoms with Crippen molar-refractivity contribution in [3.63, 3.8) is 0 Å². The molecule has 0 unspecified atom stereocenters. The molecule has 3 rings (SSSR count). The fourth-order valence-corrected chi connectivity index (χ4v) is 2.12. The Morgan fingerprint density at radius 3 is 2.85 bits per heavy atom. The fourth-order valence-electron chi connectivity index (χ4n) is 2.12. The molecule has 2 heterocycles. The van der Waals surface area contributed by atoms with E-state index in [-0.39, 0.29) is 0 Å². The van der Waals surface area contributed by atoms with E-state index in [9.17, 15) is 0 Å². The predicted octanol–water partition coefficient (Wildman–Crippen LogP) is 2.49. The Balaban J connectivity index is 1.75. The van der Waals surface area contributed by atoms with Crippen LogP contribution in [0.3, 0.4) is 0 Å². The number of nitrogens with zero attached hydrogens (tertiary/aromatic N) is 3. The minimum Gasteiger partial charge on any atom is -0.380 e. The topological polar surface area (TPSA) is 51.5 Å². The lowest BCUT2D eigenvalue weighted by molar-refractivity contribution is 0.184. The highest BCUT2D eigenvalue weighted by molar-refractivity contribution is 5.46. The van der Waals surface area contributed by atoms with E-state index in [0.29, 0.717) is 6.61 Å². The van der Waals surface area contributed by atoms with Crippen molar-refractivity contribution >= 4 is 11.5 Å². The van der Waals surface area contributed by atoms with E-state index in [1.165, 1.54) is 11.1 Å². The number of rotatable bonds is 5. The normalized spacial score (nSPS) is 10.8. The molecule has 20 heavy (non-hydrogen) atoms. The second-order valence-electron chi connectivity index (χ2n) is 4.50. The molecule has 1 N–H and O–H groups in total. The van der Waals surface area contributed by atoms with Gasteiger partial charge in [0.05, 0.1) is 12.8 Å². The molecule has 0 radical (unpaired) electrons. The number of hydrogen-bond acceptors (Lipinski definition) is 4. The first-order chi connectivity index (χ1) is 9.86. The number of aromatic nitrogens is 3. The Morgan fingerprint density at radius 1 is 1.15 bits per heavy atom. The van der Waals surface area contributed by atoms with Crippen LogP contribution in [0.15, 0.2) is 48.8 Å². The third-order valence-corrected chi connectivity index (χ3v) is 3.14. The van der Waals surface area contributed by atoms with E-state index in [1.807, 2.05) is 30.5 Å². The van der Waals surface area contributed by atoms with Gasteiger partial charge in [-0.3, -0.25) is 0 Å². The first kappa shape index (κ1) is 12.6. The number of anilines is 1. The summed E-state index contributed by atoms with van der Waals surface area (Å²) in [6, 6.07) is 12.0. The average Bonchev–Trinajstić information content (AvgIpc) is 2.94. The van der Waals surface area contributed by atoms with Gasteiger partial charge in [0.1, 0.15) is 5.82 Å². The maximum Gasteiger partial charge on any atom is 0.157 e. The minimum absolute atomic E-state index is 0.618. The molecule has 0 spiro atoms. The molecule has 0 fully saturated rings. The molecular weight excluding hydrogens is 252 g/mol. The zero-order chi connectivity index (χ0) is 13.8. The highest BCUT2D eigenvalue weighted by atomic mass is 16.5. The molecule has 0 aliphatic rings. The second-order valence-corrected chi connectivity index (χ2v) is 4.50. The number of nitrogens with one attached hydrogen (secondary N) is 1. The van der Waals surface area contributed by atoms with Gasteiger partial charge >= 0.3 is 0 Å². The van der Waals surface area contributed by atoms with Crippen LogP contribution in [-0.2, 0) is 17.9 Å². The molecule has 0 bridgehead atoms. The lowest BCUT2D eigenvalue weighted by Gasteiger charge is -2.10. The maximum atomic E-state index is 5.21.